The SMILES string of the molecule is C1CCNC(C2CCOC3(CCOC3)C2)CC1. The molecule has 3 aliphatic heterocycles. The third-order valence-corrected chi connectivity index (χ3v) is 4.77. The quantitative estimate of drug-likeness (QED) is 0.760. The van der Waals surface area contributed by atoms with E-state index in [1.54, 1.807) is 0 Å². The van der Waals surface area contributed by atoms with Crippen LogP contribution >= 0.6 is 0 Å². The van der Waals surface area contributed by atoms with Gasteiger partial charge in [0, 0.05) is 25.7 Å². The first-order valence-corrected chi connectivity index (χ1v) is 7.33. The highest BCUT2D eigenvalue weighted by Crippen LogP contribution is 2.38. The first kappa shape index (κ1) is 11.9. The lowest BCUT2D eigenvalue weighted by molar-refractivity contribution is -0.103. The molecule has 3 unspecified atom stereocenters. The molecule has 0 aromatic carbocycles. The monoisotopic (exact) mass is 239 g/mol. The smallest absolute Gasteiger partial charge is 0.0939 e. The Morgan fingerprint density at radius 1 is 1.06 bits per heavy atom. The van der Waals surface area contributed by atoms with E-state index in [0.29, 0.717) is 0 Å². The fourth-order valence-corrected chi connectivity index (χ4v) is 3.73. The van der Waals surface area contributed by atoms with Crippen molar-refractivity contribution in [3.8, 4) is 0 Å². The maximum absolute atomic E-state index is 6.03. The van der Waals surface area contributed by atoms with Crippen LogP contribution in [0.3, 0.4) is 0 Å². The molecular weight excluding hydrogens is 214 g/mol. The Kier molecular flexibility index (Phi) is 3.69. The summed E-state index contributed by atoms with van der Waals surface area (Å²) >= 11 is 0. The summed E-state index contributed by atoms with van der Waals surface area (Å²) < 4.78 is 11.6. The van der Waals surface area contributed by atoms with E-state index >= 15 is 0 Å². The van der Waals surface area contributed by atoms with Crippen molar-refractivity contribution in [2.45, 2.75) is 56.6 Å². The Hall–Kier alpha value is -0.120. The highest BCUT2D eigenvalue weighted by Gasteiger charge is 2.42. The van der Waals surface area contributed by atoms with E-state index < -0.39 is 0 Å². The predicted octanol–water partition coefficient (Wildman–Crippen LogP) is 2.10. The second-order valence-electron chi connectivity index (χ2n) is 6.00. The van der Waals surface area contributed by atoms with Crippen molar-refractivity contribution in [2.75, 3.05) is 26.4 Å². The van der Waals surface area contributed by atoms with Crippen LogP contribution in [-0.4, -0.2) is 38.0 Å². The van der Waals surface area contributed by atoms with Gasteiger partial charge in [-0.1, -0.05) is 12.8 Å². The average molecular weight is 239 g/mol. The molecule has 3 aliphatic rings. The third kappa shape index (κ3) is 2.67. The lowest BCUT2D eigenvalue weighted by Gasteiger charge is -2.40. The maximum Gasteiger partial charge on any atom is 0.0939 e. The van der Waals surface area contributed by atoms with Gasteiger partial charge in [-0.15, -0.1) is 0 Å². The van der Waals surface area contributed by atoms with E-state index in [2.05, 4.69) is 5.32 Å². The first-order valence-electron chi connectivity index (χ1n) is 7.33. The Balaban J connectivity index is 1.62. The lowest BCUT2D eigenvalue weighted by Crippen LogP contribution is -2.47. The van der Waals surface area contributed by atoms with Crippen LogP contribution in [-0.2, 0) is 9.47 Å². The van der Waals surface area contributed by atoms with Crippen LogP contribution in [0, 0.1) is 5.92 Å². The molecule has 3 rings (SSSR count). The molecule has 17 heavy (non-hydrogen) atoms. The standard InChI is InChI=1S/C14H25NO2/c1-2-4-13(15-7-3-1)12-5-8-17-14(10-12)6-9-16-11-14/h12-13,15H,1-11H2. The van der Waals surface area contributed by atoms with Crippen LogP contribution in [0.5, 0.6) is 0 Å². The molecule has 0 amide bonds. The van der Waals surface area contributed by atoms with Gasteiger partial charge in [0.15, 0.2) is 0 Å². The van der Waals surface area contributed by atoms with E-state index in [1.807, 2.05) is 0 Å². The van der Waals surface area contributed by atoms with Gasteiger partial charge in [0.1, 0.15) is 0 Å². The Morgan fingerprint density at radius 3 is 2.94 bits per heavy atom. The summed E-state index contributed by atoms with van der Waals surface area (Å²) in [6.45, 7) is 3.87. The minimum absolute atomic E-state index is 0.0803. The van der Waals surface area contributed by atoms with E-state index in [4.69, 9.17) is 9.47 Å². The molecule has 98 valence electrons. The summed E-state index contributed by atoms with van der Waals surface area (Å²) in [4.78, 5) is 0. The molecule has 3 atom stereocenters. The van der Waals surface area contributed by atoms with Gasteiger partial charge in [0.25, 0.3) is 0 Å². The van der Waals surface area contributed by atoms with Gasteiger partial charge in [0.2, 0.25) is 0 Å². The van der Waals surface area contributed by atoms with Crippen molar-refractivity contribution in [1.29, 1.82) is 0 Å². The van der Waals surface area contributed by atoms with Gasteiger partial charge in [-0.3, -0.25) is 0 Å². The molecule has 0 saturated carbocycles. The van der Waals surface area contributed by atoms with Crippen LogP contribution < -0.4 is 5.32 Å². The minimum Gasteiger partial charge on any atom is -0.378 e. The summed E-state index contributed by atoms with van der Waals surface area (Å²) in [5, 5.41) is 3.76. The molecule has 3 fully saturated rings. The van der Waals surface area contributed by atoms with Gasteiger partial charge >= 0.3 is 0 Å². The molecule has 0 bridgehead atoms. The van der Waals surface area contributed by atoms with Crippen molar-refractivity contribution in [3.63, 3.8) is 0 Å². The van der Waals surface area contributed by atoms with Gasteiger partial charge in [-0.2, -0.15) is 0 Å². The second-order valence-corrected chi connectivity index (χ2v) is 6.00. The summed E-state index contributed by atoms with van der Waals surface area (Å²) in [6, 6.07) is 0.735. The minimum atomic E-state index is 0.0803. The van der Waals surface area contributed by atoms with Gasteiger partial charge in [-0.25, -0.2) is 0 Å². The second kappa shape index (κ2) is 5.25. The van der Waals surface area contributed by atoms with Crippen LogP contribution in [0.4, 0.5) is 0 Å². The Bertz CT molecular complexity index is 243. The van der Waals surface area contributed by atoms with Crippen LogP contribution in [0.1, 0.15) is 44.9 Å². The highest BCUT2D eigenvalue weighted by molar-refractivity contribution is 4.94. The Morgan fingerprint density at radius 2 is 2.06 bits per heavy atom. The number of hydrogen-bond acceptors (Lipinski definition) is 3. The van der Waals surface area contributed by atoms with E-state index in [9.17, 15) is 0 Å². The molecule has 1 N–H and O–H groups in total. The predicted molar refractivity (Wildman–Crippen MR) is 67.1 cm³/mol. The van der Waals surface area contributed by atoms with Crippen LogP contribution in [0.2, 0.25) is 0 Å². The number of nitrogens with one attached hydrogen (secondary N) is 1. The summed E-state index contributed by atoms with van der Waals surface area (Å²) in [7, 11) is 0. The third-order valence-electron chi connectivity index (χ3n) is 4.77. The van der Waals surface area contributed by atoms with E-state index in [-0.39, 0.29) is 5.60 Å². The van der Waals surface area contributed by atoms with Gasteiger partial charge in [0.05, 0.1) is 12.2 Å². The fraction of sp³-hybridized carbons (Fsp3) is 1.00. The zero-order valence-electron chi connectivity index (χ0n) is 10.7. The van der Waals surface area contributed by atoms with Crippen molar-refractivity contribution < 1.29 is 9.47 Å². The van der Waals surface area contributed by atoms with E-state index in [1.165, 1.54) is 45.1 Å². The molecule has 3 heterocycles. The molecule has 0 radical (unpaired) electrons. The molecule has 0 aromatic rings. The number of rotatable bonds is 1. The van der Waals surface area contributed by atoms with Gasteiger partial charge in [-0.05, 0) is 38.1 Å². The zero-order valence-corrected chi connectivity index (χ0v) is 10.7. The van der Waals surface area contributed by atoms with Crippen molar-refractivity contribution >= 4 is 0 Å². The van der Waals surface area contributed by atoms with Crippen molar-refractivity contribution in [1.82, 2.24) is 5.32 Å². The number of hydrogen-bond donors (Lipinski definition) is 1. The summed E-state index contributed by atoms with van der Waals surface area (Å²) in [6.07, 6.45) is 9.08. The molecule has 3 nitrogen and oxygen atoms in total. The summed E-state index contributed by atoms with van der Waals surface area (Å²) in [5.41, 5.74) is 0.0803. The largest absolute Gasteiger partial charge is 0.378 e. The normalized spacial score (nSPS) is 43.8. The molecule has 3 saturated heterocycles. The molecule has 1 spiro atoms. The van der Waals surface area contributed by atoms with Crippen molar-refractivity contribution in [2.24, 2.45) is 5.92 Å². The lowest BCUT2D eigenvalue weighted by atomic mass is 9.80. The summed E-state index contributed by atoms with van der Waals surface area (Å²) in [5.74, 6) is 0.809. The highest BCUT2D eigenvalue weighted by atomic mass is 16.6. The molecule has 0 aliphatic carbocycles. The fourth-order valence-electron chi connectivity index (χ4n) is 3.73. The van der Waals surface area contributed by atoms with Crippen LogP contribution in [0.15, 0.2) is 0 Å². The topological polar surface area (TPSA) is 30.5 Å². The number of ether oxygens (including phenoxy) is 2. The average Bonchev–Trinajstić information content (AvgIpc) is 2.66. The van der Waals surface area contributed by atoms with E-state index in [0.717, 1.165) is 38.2 Å². The van der Waals surface area contributed by atoms with Crippen molar-refractivity contribution in [3.05, 3.63) is 0 Å². The zero-order chi connectivity index (χ0) is 11.6. The first-order chi connectivity index (χ1) is 8.38. The molecular formula is C14H25NO2. The van der Waals surface area contributed by atoms with Gasteiger partial charge < -0.3 is 14.8 Å². The maximum atomic E-state index is 6.03. The Labute approximate surface area is 104 Å². The molecule has 0 aromatic heterocycles. The molecule has 3 heteroatoms. The van der Waals surface area contributed by atoms with Crippen LogP contribution in [0.25, 0.3) is 0 Å².